The van der Waals surface area contributed by atoms with Crippen LogP contribution in [0.2, 0.25) is 10.3 Å². The number of aromatic nitrogens is 2. The van der Waals surface area contributed by atoms with Crippen LogP contribution in [0.5, 0.6) is 0 Å². The molecule has 3 heterocycles. The molecule has 0 atom stereocenters. The van der Waals surface area contributed by atoms with Crippen molar-refractivity contribution in [3.63, 3.8) is 0 Å². The van der Waals surface area contributed by atoms with E-state index in [9.17, 15) is 4.79 Å². The van der Waals surface area contributed by atoms with E-state index in [-0.39, 0.29) is 16.3 Å². The van der Waals surface area contributed by atoms with Crippen LogP contribution in [-0.2, 0) is 0 Å². The number of nitrogens with one attached hydrogen (secondary N) is 1. The lowest BCUT2D eigenvalue weighted by Gasteiger charge is -2.31. The zero-order chi connectivity index (χ0) is 20.4. The Morgan fingerprint density at radius 1 is 1.14 bits per heavy atom. The zero-order valence-electron chi connectivity index (χ0n) is 15.2. The van der Waals surface area contributed by atoms with Crippen molar-refractivity contribution in [2.45, 2.75) is 18.8 Å². The largest absolute Gasteiger partial charge is 0.324 e. The molecule has 4 rings (SSSR count). The molecule has 2 amide bonds. The van der Waals surface area contributed by atoms with Gasteiger partial charge in [0.1, 0.15) is 10.3 Å². The van der Waals surface area contributed by atoms with Crippen LogP contribution in [0.1, 0.15) is 23.8 Å². The van der Waals surface area contributed by atoms with Crippen molar-refractivity contribution < 1.29 is 4.79 Å². The quantitative estimate of drug-likeness (QED) is 0.398. The number of carbonyl (C=O) groups is 1. The number of hydrogen-bond acceptors (Lipinski definition) is 4. The minimum atomic E-state index is -0.157. The first-order chi connectivity index (χ1) is 14.0. The maximum Gasteiger partial charge on any atom is 0.321 e. The molecule has 5 nitrogen and oxygen atoms in total. The van der Waals surface area contributed by atoms with Crippen LogP contribution in [0.15, 0.2) is 46.3 Å². The topological polar surface area (TPSA) is 58.1 Å². The second kappa shape index (κ2) is 9.00. The summed E-state index contributed by atoms with van der Waals surface area (Å²) in [4.78, 5) is 23.1. The van der Waals surface area contributed by atoms with Gasteiger partial charge < -0.3 is 10.2 Å². The average molecular weight is 512 g/mol. The number of piperidine rings is 1. The van der Waals surface area contributed by atoms with Gasteiger partial charge in [0.25, 0.3) is 0 Å². The Kier molecular flexibility index (Phi) is 6.39. The molecule has 1 fully saturated rings. The van der Waals surface area contributed by atoms with Crippen LogP contribution in [0, 0.1) is 0 Å². The average Bonchev–Trinajstić information content (AvgIpc) is 3.17. The molecule has 0 spiro atoms. The van der Waals surface area contributed by atoms with E-state index < -0.39 is 0 Å². The van der Waals surface area contributed by atoms with Crippen LogP contribution in [0.3, 0.4) is 0 Å². The molecule has 1 aliphatic heterocycles. The number of carbonyl (C=O) groups excluding carboxylic acids is 1. The van der Waals surface area contributed by atoms with Gasteiger partial charge in [-0.25, -0.2) is 14.8 Å². The first-order valence-electron chi connectivity index (χ1n) is 9.08. The Balaban J connectivity index is 1.36. The third kappa shape index (κ3) is 5.09. The Bertz CT molecular complexity index is 1020. The maximum atomic E-state index is 12.5. The summed E-state index contributed by atoms with van der Waals surface area (Å²) in [6.07, 6.45) is 1.77. The third-order valence-electron chi connectivity index (χ3n) is 4.79. The van der Waals surface area contributed by atoms with Crippen molar-refractivity contribution in [3.05, 3.63) is 61.6 Å². The highest BCUT2D eigenvalue weighted by molar-refractivity contribution is 9.10. The fourth-order valence-electron chi connectivity index (χ4n) is 3.32. The molecular formula is C20H17BrCl2N4OS. The minimum Gasteiger partial charge on any atom is -0.324 e. The van der Waals surface area contributed by atoms with E-state index in [0.29, 0.717) is 24.7 Å². The first-order valence-corrected chi connectivity index (χ1v) is 11.5. The van der Waals surface area contributed by atoms with E-state index in [2.05, 4.69) is 43.7 Å². The number of thiazole rings is 1. The maximum absolute atomic E-state index is 12.5. The number of nitrogens with zero attached hydrogens (tertiary/aromatic N) is 3. The van der Waals surface area contributed by atoms with Crippen LogP contribution in [0.25, 0.3) is 11.3 Å². The van der Waals surface area contributed by atoms with Gasteiger partial charge in [-0.05, 0) is 37.1 Å². The summed E-state index contributed by atoms with van der Waals surface area (Å²) >= 11 is 17.0. The molecule has 1 N–H and O–H groups in total. The second-order valence-corrected chi connectivity index (χ2v) is 9.35. The van der Waals surface area contributed by atoms with Gasteiger partial charge in [0.2, 0.25) is 0 Å². The highest BCUT2D eigenvalue weighted by Crippen LogP contribution is 2.33. The normalized spacial score (nSPS) is 14.8. The van der Waals surface area contributed by atoms with Crippen molar-refractivity contribution in [1.29, 1.82) is 0 Å². The van der Waals surface area contributed by atoms with Crippen molar-refractivity contribution in [3.8, 4) is 11.3 Å². The molecule has 1 saturated heterocycles. The van der Waals surface area contributed by atoms with E-state index in [1.165, 1.54) is 0 Å². The molecule has 1 aliphatic rings. The van der Waals surface area contributed by atoms with Gasteiger partial charge in [-0.3, -0.25) is 0 Å². The lowest BCUT2D eigenvalue weighted by atomic mass is 9.98. The van der Waals surface area contributed by atoms with Gasteiger partial charge in [0.05, 0.1) is 10.7 Å². The summed E-state index contributed by atoms with van der Waals surface area (Å²) in [5.74, 6) is 0.370. The van der Waals surface area contributed by atoms with Crippen LogP contribution < -0.4 is 5.32 Å². The number of halogens is 3. The van der Waals surface area contributed by atoms with E-state index in [1.807, 2.05) is 17.0 Å². The molecule has 0 aliphatic carbocycles. The predicted octanol–water partition coefficient (Wildman–Crippen LogP) is 6.69. The van der Waals surface area contributed by atoms with E-state index in [0.717, 1.165) is 33.6 Å². The van der Waals surface area contributed by atoms with E-state index in [4.69, 9.17) is 28.2 Å². The van der Waals surface area contributed by atoms with Crippen molar-refractivity contribution in [2.75, 3.05) is 18.4 Å². The summed E-state index contributed by atoms with van der Waals surface area (Å²) in [5, 5.41) is 6.57. The Labute approximate surface area is 191 Å². The molecule has 3 aromatic rings. The molecule has 1 aromatic carbocycles. The number of pyridine rings is 1. The van der Waals surface area contributed by atoms with Crippen molar-refractivity contribution in [2.24, 2.45) is 0 Å². The highest BCUT2D eigenvalue weighted by atomic mass is 79.9. The monoisotopic (exact) mass is 510 g/mol. The molecule has 150 valence electrons. The number of hydrogen-bond donors (Lipinski definition) is 1. The molecule has 9 heteroatoms. The number of anilines is 1. The van der Waals surface area contributed by atoms with Gasteiger partial charge >= 0.3 is 6.03 Å². The SMILES string of the molecule is O=C(Nc1cc(Cl)nc(Cl)c1)N1CCC(c2nc(-c3cccc(Br)c3)cs2)CC1. The molecule has 0 radical (unpaired) electrons. The fraction of sp³-hybridized carbons (Fsp3) is 0.250. The number of likely N-dealkylation sites (tertiary alicyclic amines) is 1. The molecule has 0 unspecified atom stereocenters. The van der Waals surface area contributed by atoms with Crippen molar-refractivity contribution in [1.82, 2.24) is 14.9 Å². The van der Waals surface area contributed by atoms with Gasteiger partial charge in [-0.15, -0.1) is 11.3 Å². The van der Waals surface area contributed by atoms with Crippen LogP contribution in [-0.4, -0.2) is 34.0 Å². The van der Waals surface area contributed by atoms with Crippen LogP contribution >= 0.6 is 50.5 Å². The van der Waals surface area contributed by atoms with Crippen molar-refractivity contribution >= 4 is 62.2 Å². The lowest BCUT2D eigenvalue weighted by molar-refractivity contribution is 0.194. The number of benzene rings is 1. The van der Waals surface area contributed by atoms with Crippen LogP contribution in [0.4, 0.5) is 10.5 Å². The standard InChI is InChI=1S/C20H17BrCl2N4OS/c21-14-3-1-2-13(8-14)16-11-29-19(25-16)12-4-6-27(7-5-12)20(28)24-15-9-17(22)26-18(23)10-15/h1-3,8-12H,4-7H2,(H,24,26,28). The van der Waals surface area contributed by atoms with Gasteiger partial charge in [-0.1, -0.05) is 51.3 Å². The summed E-state index contributed by atoms with van der Waals surface area (Å²) in [5.41, 5.74) is 2.65. The van der Waals surface area contributed by atoms with E-state index in [1.54, 1.807) is 23.5 Å². The number of amides is 2. The molecular weight excluding hydrogens is 495 g/mol. The predicted molar refractivity (Wildman–Crippen MR) is 122 cm³/mol. The summed E-state index contributed by atoms with van der Waals surface area (Å²) in [6.45, 7) is 1.35. The Hall–Kier alpha value is -1.67. The summed E-state index contributed by atoms with van der Waals surface area (Å²) in [7, 11) is 0. The minimum absolute atomic E-state index is 0.157. The summed E-state index contributed by atoms with van der Waals surface area (Å²) < 4.78 is 1.04. The number of rotatable bonds is 3. The van der Waals surface area contributed by atoms with Gasteiger partial charge in [-0.2, -0.15) is 0 Å². The number of urea groups is 1. The lowest BCUT2D eigenvalue weighted by Crippen LogP contribution is -2.40. The Morgan fingerprint density at radius 2 is 1.86 bits per heavy atom. The summed E-state index contributed by atoms with van der Waals surface area (Å²) in [6, 6.07) is 11.2. The highest BCUT2D eigenvalue weighted by Gasteiger charge is 2.26. The van der Waals surface area contributed by atoms with Gasteiger partial charge in [0.15, 0.2) is 0 Å². The second-order valence-electron chi connectivity index (χ2n) is 6.77. The Morgan fingerprint density at radius 3 is 2.55 bits per heavy atom. The smallest absolute Gasteiger partial charge is 0.321 e. The molecule has 0 bridgehead atoms. The first kappa shape index (κ1) is 20.6. The zero-order valence-corrected chi connectivity index (χ0v) is 19.2. The third-order valence-corrected chi connectivity index (χ3v) is 6.68. The molecule has 2 aromatic heterocycles. The molecule has 29 heavy (non-hydrogen) atoms. The fourth-order valence-corrected chi connectivity index (χ4v) is 5.18. The molecule has 0 saturated carbocycles. The van der Waals surface area contributed by atoms with Gasteiger partial charge in [0, 0.05) is 40.1 Å². The van der Waals surface area contributed by atoms with E-state index >= 15 is 0 Å².